The first-order chi connectivity index (χ1) is 15.0. The van der Waals surface area contributed by atoms with E-state index < -0.39 is 6.08 Å². The fourth-order valence-electron chi connectivity index (χ4n) is 3.91. The Labute approximate surface area is 176 Å². The molecule has 8 heteroatoms. The third kappa shape index (κ3) is 3.22. The minimum Gasteiger partial charge on any atom is -0.360 e. The third-order valence-electron chi connectivity index (χ3n) is 5.35. The lowest BCUT2D eigenvalue weighted by Gasteiger charge is -2.21. The Morgan fingerprint density at radius 1 is 1.10 bits per heavy atom. The van der Waals surface area contributed by atoms with Gasteiger partial charge in [-0.05, 0) is 43.0 Å². The molecule has 0 saturated carbocycles. The lowest BCUT2D eigenvalue weighted by molar-refractivity contribution is 0.544. The molecule has 0 aliphatic carbocycles. The van der Waals surface area contributed by atoms with Crippen LogP contribution in [0.3, 0.4) is 0 Å². The number of benzene rings is 2. The molecule has 5 aromatic rings. The van der Waals surface area contributed by atoms with Crippen molar-refractivity contribution in [2.24, 2.45) is 0 Å². The number of anilines is 1. The van der Waals surface area contributed by atoms with Gasteiger partial charge < -0.3 is 10.3 Å². The van der Waals surface area contributed by atoms with Crippen LogP contribution in [0.15, 0.2) is 65.7 Å². The number of rotatable bonds is 4. The Bertz CT molecular complexity index is 1470. The van der Waals surface area contributed by atoms with Gasteiger partial charge >= 0.3 is 6.08 Å². The second kappa shape index (κ2) is 7.32. The number of pyridine rings is 1. The van der Waals surface area contributed by atoms with Crippen molar-refractivity contribution in [3.05, 3.63) is 88.6 Å². The Morgan fingerprint density at radius 3 is 2.71 bits per heavy atom. The molecule has 0 radical (unpaired) electrons. The van der Waals surface area contributed by atoms with Gasteiger partial charge in [-0.2, -0.15) is 14.4 Å². The maximum Gasteiger partial charge on any atom is 0.312 e. The number of fused-ring (bicyclic) bond motifs is 2. The van der Waals surface area contributed by atoms with E-state index >= 15 is 0 Å². The SMILES string of the molecule is Cc1cccc2cc(C(C)Nc3nc(F)nc4[nH]cnc34)n(-c3ccccc3)c(=O)c12. The summed E-state index contributed by atoms with van der Waals surface area (Å²) in [4.78, 5) is 28.2. The van der Waals surface area contributed by atoms with Gasteiger partial charge in [0.25, 0.3) is 5.56 Å². The first kappa shape index (κ1) is 18.9. The highest BCUT2D eigenvalue weighted by Gasteiger charge is 2.19. The second-order valence-electron chi connectivity index (χ2n) is 7.39. The van der Waals surface area contributed by atoms with E-state index in [4.69, 9.17) is 0 Å². The Hall–Kier alpha value is -4.07. The number of aromatic amines is 1. The van der Waals surface area contributed by atoms with Crippen LogP contribution in [0.1, 0.15) is 24.2 Å². The number of para-hydroxylation sites is 1. The van der Waals surface area contributed by atoms with Crippen LogP contribution in [0.2, 0.25) is 0 Å². The van der Waals surface area contributed by atoms with Crippen molar-refractivity contribution in [3.8, 4) is 5.69 Å². The molecule has 0 aliphatic heterocycles. The summed E-state index contributed by atoms with van der Waals surface area (Å²) in [6.45, 7) is 3.83. The summed E-state index contributed by atoms with van der Waals surface area (Å²) < 4.78 is 15.6. The van der Waals surface area contributed by atoms with Crippen LogP contribution in [0.5, 0.6) is 0 Å². The minimum atomic E-state index is -0.860. The largest absolute Gasteiger partial charge is 0.360 e. The smallest absolute Gasteiger partial charge is 0.312 e. The van der Waals surface area contributed by atoms with Gasteiger partial charge in [-0.15, -0.1) is 0 Å². The zero-order chi connectivity index (χ0) is 21.5. The first-order valence-corrected chi connectivity index (χ1v) is 9.87. The zero-order valence-electron chi connectivity index (χ0n) is 16.9. The number of nitrogens with zero attached hydrogens (tertiary/aromatic N) is 4. The Balaban J connectivity index is 1.71. The van der Waals surface area contributed by atoms with Crippen LogP contribution >= 0.6 is 0 Å². The second-order valence-corrected chi connectivity index (χ2v) is 7.39. The molecule has 7 nitrogen and oxygen atoms in total. The van der Waals surface area contributed by atoms with Crippen molar-refractivity contribution in [1.29, 1.82) is 0 Å². The molecule has 5 rings (SSSR count). The highest BCUT2D eigenvalue weighted by molar-refractivity contribution is 5.86. The molecule has 3 aromatic heterocycles. The van der Waals surface area contributed by atoms with Crippen LogP contribution in [0.4, 0.5) is 10.2 Å². The zero-order valence-corrected chi connectivity index (χ0v) is 16.9. The normalized spacial score (nSPS) is 12.4. The summed E-state index contributed by atoms with van der Waals surface area (Å²) in [6.07, 6.45) is 0.578. The summed E-state index contributed by atoms with van der Waals surface area (Å²) >= 11 is 0. The lowest BCUT2D eigenvalue weighted by atomic mass is 10.0. The van der Waals surface area contributed by atoms with Crippen molar-refractivity contribution in [1.82, 2.24) is 24.5 Å². The van der Waals surface area contributed by atoms with Crippen LogP contribution in [0.25, 0.3) is 27.6 Å². The van der Waals surface area contributed by atoms with Gasteiger partial charge in [0, 0.05) is 11.4 Å². The molecule has 154 valence electrons. The van der Waals surface area contributed by atoms with Crippen molar-refractivity contribution in [2.75, 3.05) is 5.32 Å². The summed E-state index contributed by atoms with van der Waals surface area (Å²) in [5.74, 6) is 0.257. The third-order valence-corrected chi connectivity index (χ3v) is 5.35. The highest BCUT2D eigenvalue weighted by atomic mass is 19.1. The summed E-state index contributed by atoms with van der Waals surface area (Å²) in [6, 6.07) is 16.8. The topological polar surface area (TPSA) is 88.5 Å². The predicted octanol–water partition coefficient (Wildman–Crippen LogP) is 4.28. The monoisotopic (exact) mass is 414 g/mol. The number of H-pyrrole nitrogens is 1. The molecule has 0 amide bonds. The highest BCUT2D eigenvalue weighted by Crippen LogP contribution is 2.26. The first-order valence-electron chi connectivity index (χ1n) is 9.87. The molecular weight excluding hydrogens is 395 g/mol. The van der Waals surface area contributed by atoms with Gasteiger partial charge in [0.15, 0.2) is 11.5 Å². The summed E-state index contributed by atoms with van der Waals surface area (Å²) in [7, 11) is 0. The Morgan fingerprint density at radius 2 is 1.90 bits per heavy atom. The molecule has 1 atom stereocenters. The molecule has 31 heavy (non-hydrogen) atoms. The van der Waals surface area contributed by atoms with Gasteiger partial charge in [-0.25, -0.2) is 4.98 Å². The number of nitrogens with one attached hydrogen (secondary N) is 2. The van der Waals surface area contributed by atoms with E-state index in [0.717, 1.165) is 22.3 Å². The van der Waals surface area contributed by atoms with E-state index in [1.165, 1.54) is 6.33 Å². The molecule has 3 heterocycles. The van der Waals surface area contributed by atoms with Gasteiger partial charge in [0.1, 0.15) is 5.52 Å². The van der Waals surface area contributed by atoms with Crippen molar-refractivity contribution >= 4 is 27.8 Å². The number of hydrogen-bond acceptors (Lipinski definition) is 5. The average molecular weight is 414 g/mol. The molecular formula is C23H19FN6O. The molecule has 0 bridgehead atoms. The van der Waals surface area contributed by atoms with Crippen LogP contribution < -0.4 is 10.9 Å². The number of halogens is 1. The van der Waals surface area contributed by atoms with Crippen molar-refractivity contribution in [3.63, 3.8) is 0 Å². The maximum atomic E-state index is 13.9. The van der Waals surface area contributed by atoms with E-state index in [0.29, 0.717) is 16.6 Å². The minimum absolute atomic E-state index is 0.107. The van der Waals surface area contributed by atoms with Gasteiger partial charge in [0.05, 0.1) is 17.8 Å². The van der Waals surface area contributed by atoms with E-state index in [9.17, 15) is 9.18 Å². The molecule has 2 N–H and O–H groups in total. The molecule has 0 aliphatic rings. The van der Waals surface area contributed by atoms with Gasteiger partial charge in [0.2, 0.25) is 0 Å². The van der Waals surface area contributed by atoms with Gasteiger partial charge in [-0.1, -0.05) is 36.4 Å². The fraction of sp³-hybridized carbons (Fsp3) is 0.130. The average Bonchev–Trinajstić information content (AvgIpc) is 3.22. The lowest BCUT2D eigenvalue weighted by Crippen LogP contribution is -2.26. The fourth-order valence-corrected chi connectivity index (χ4v) is 3.91. The Kier molecular flexibility index (Phi) is 4.47. The molecule has 2 aromatic carbocycles. The molecule has 0 saturated heterocycles. The number of imidazole rings is 1. The number of aryl methyl sites for hydroxylation is 1. The van der Waals surface area contributed by atoms with Crippen molar-refractivity contribution in [2.45, 2.75) is 19.9 Å². The van der Waals surface area contributed by atoms with Crippen LogP contribution in [0, 0.1) is 13.0 Å². The number of hydrogen-bond donors (Lipinski definition) is 2. The quantitative estimate of drug-likeness (QED) is 0.429. The molecule has 0 spiro atoms. The molecule has 1 unspecified atom stereocenters. The van der Waals surface area contributed by atoms with E-state index in [2.05, 4.69) is 25.3 Å². The van der Waals surface area contributed by atoms with E-state index in [1.54, 1.807) is 4.57 Å². The summed E-state index contributed by atoms with van der Waals surface area (Å²) in [5.41, 5.74) is 3.01. The van der Waals surface area contributed by atoms with Crippen molar-refractivity contribution < 1.29 is 4.39 Å². The van der Waals surface area contributed by atoms with E-state index in [-0.39, 0.29) is 17.4 Å². The van der Waals surface area contributed by atoms with Crippen LogP contribution in [-0.2, 0) is 0 Å². The van der Waals surface area contributed by atoms with Crippen LogP contribution in [-0.4, -0.2) is 24.5 Å². The standard InChI is InChI=1S/C23H19FN6O/c1-13-7-6-8-15-11-17(30(22(31)18(13)15)16-9-4-3-5-10-16)14(2)27-21-19-20(26-12-25-19)28-23(24)29-21/h3-12,14H,1-2H3,(H2,25,26,27,28,29). The summed E-state index contributed by atoms with van der Waals surface area (Å²) in [5, 5.41) is 4.73. The predicted molar refractivity (Wildman–Crippen MR) is 118 cm³/mol. The van der Waals surface area contributed by atoms with Gasteiger partial charge in [-0.3, -0.25) is 9.36 Å². The van der Waals surface area contributed by atoms with E-state index in [1.807, 2.05) is 68.4 Å². The molecule has 0 fully saturated rings. The number of aromatic nitrogens is 5. The maximum absolute atomic E-state index is 13.9.